The number of nitrogens with zero attached hydrogens (tertiary/aromatic N) is 1. The summed E-state index contributed by atoms with van der Waals surface area (Å²) in [5.41, 5.74) is 5.38. The van der Waals surface area contributed by atoms with E-state index in [0.717, 1.165) is 12.3 Å². The van der Waals surface area contributed by atoms with E-state index >= 15 is 0 Å². The third kappa shape index (κ3) is 7.30. The summed E-state index contributed by atoms with van der Waals surface area (Å²) in [5.74, 6) is 0.986. The van der Waals surface area contributed by atoms with Crippen molar-refractivity contribution in [3.05, 3.63) is 52.6 Å². The SMILES string of the molecule is COCOc1c(Pc2c(C)cccc2CN(C(C)C)C(C)C)cc(C(C)(C)C)cc1C(C)(C)C. The summed E-state index contributed by atoms with van der Waals surface area (Å²) in [5, 5.41) is 2.70. The highest BCUT2D eigenvalue weighted by atomic mass is 31.1. The number of rotatable bonds is 9. The Hall–Kier alpha value is -1.41. The van der Waals surface area contributed by atoms with Crippen LogP contribution in [0.2, 0.25) is 0 Å². The van der Waals surface area contributed by atoms with Crippen LogP contribution in [0, 0.1) is 6.92 Å². The van der Waals surface area contributed by atoms with Gasteiger partial charge in [0.25, 0.3) is 0 Å². The molecule has 3 nitrogen and oxygen atoms in total. The average molecular weight is 486 g/mol. The van der Waals surface area contributed by atoms with Crippen molar-refractivity contribution in [2.75, 3.05) is 13.9 Å². The number of methoxy groups -OCH3 is 1. The largest absolute Gasteiger partial charge is 0.467 e. The van der Waals surface area contributed by atoms with Crippen molar-refractivity contribution >= 4 is 19.2 Å². The fourth-order valence-corrected chi connectivity index (χ4v) is 5.74. The molecule has 0 aliphatic heterocycles. The molecule has 0 N–H and O–H groups in total. The standard InChI is InChI=1S/C30H48NO2P/c1-20(2)31(21(3)4)18-23-15-13-14-22(5)28(23)34-26-17-24(29(6,7)8)16-25(30(9,10)11)27(26)33-19-32-12/h13-17,20-21,34H,18-19H2,1-12H3. The Kier molecular flexibility index (Phi) is 9.79. The first-order valence-corrected chi connectivity index (χ1v) is 13.6. The predicted octanol–water partition coefficient (Wildman–Crippen LogP) is 6.82. The van der Waals surface area contributed by atoms with E-state index < -0.39 is 0 Å². The molecule has 2 rings (SSSR count). The van der Waals surface area contributed by atoms with Gasteiger partial charge in [-0.3, -0.25) is 4.90 Å². The van der Waals surface area contributed by atoms with Gasteiger partial charge in [0.05, 0.1) is 0 Å². The zero-order valence-electron chi connectivity index (χ0n) is 23.7. The van der Waals surface area contributed by atoms with E-state index in [0.29, 0.717) is 20.7 Å². The zero-order valence-corrected chi connectivity index (χ0v) is 24.7. The summed E-state index contributed by atoms with van der Waals surface area (Å²) in [7, 11) is 2.20. The molecule has 2 aromatic rings. The van der Waals surface area contributed by atoms with E-state index in [1.54, 1.807) is 7.11 Å². The lowest BCUT2D eigenvalue weighted by Crippen LogP contribution is -2.37. The van der Waals surface area contributed by atoms with Gasteiger partial charge in [-0.15, -0.1) is 0 Å². The molecule has 1 unspecified atom stereocenters. The van der Waals surface area contributed by atoms with Gasteiger partial charge >= 0.3 is 0 Å². The second kappa shape index (κ2) is 11.5. The second-order valence-corrected chi connectivity index (χ2v) is 13.3. The molecule has 1 atom stereocenters. The van der Waals surface area contributed by atoms with Crippen LogP contribution in [-0.4, -0.2) is 30.9 Å². The molecule has 0 aliphatic carbocycles. The molecule has 0 saturated carbocycles. The molecule has 34 heavy (non-hydrogen) atoms. The number of aryl methyl sites for hydroxylation is 1. The van der Waals surface area contributed by atoms with Crippen LogP contribution in [0.3, 0.4) is 0 Å². The fourth-order valence-electron chi connectivity index (χ4n) is 4.32. The minimum atomic E-state index is -0.0375. The lowest BCUT2D eigenvalue weighted by Gasteiger charge is -2.32. The van der Waals surface area contributed by atoms with Crippen LogP contribution >= 0.6 is 8.58 Å². The molecular formula is C30H48NO2P. The van der Waals surface area contributed by atoms with E-state index in [4.69, 9.17) is 9.47 Å². The van der Waals surface area contributed by atoms with Gasteiger partial charge in [0.2, 0.25) is 0 Å². The average Bonchev–Trinajstić information content (AvgIpc) is 2.70. The molecule has 0 aliphatic rings. The maximum Gasteiger partial charge on any atom is 0.188 e. The van der Waals surface area contributed by atoms with Crippen molar-refractivity contribution < 1.29 is 9.47 Å². The molecule has 190 valence electrons. The Balaban J connectivity index is 2.70. The molecule has 0 amide bonds. The normalized spacial score (nSPS) is 13.1. The van der Waals surface area contributed by atoms with Crippen molar-refractivity contribution in [1.82, 2.24) is 4.90 Å². The lowest BCUT2D eigenvalue weighted by atomic mass is 9.80. The Bertz CT molecular complexity index is 943. The maximum absolute atomic E-state index is 6.30. The number of ether oxygens (including phenoxy) is 2. The first kappa shape index (κ1) is 28.8. The number of hydrogen-bond acceptors (Lipinski definition) is 3. The molecule has 0 saturated heterocycles. The van der Waals surface area contributed by atoms with Gasteiger partial charge in [-0.2, -0.15) is 0 Å². The molecule has 4 heteroatoms. The summed E-state index contributed by atoms with van der Waals surface area (Å²) in [6, 6.07) is 12.5. The van der Waals surface area contributed by atoms with Gasteiger partial charge in [0.15, 0.2) is 6.79 Å². The molecule has 0 heterocycles. The van der Waals surface area contributed by atoms with Crippen LogP contribution in [0.25, 0.3) is 0 Å². The van der Waals surface area contributed by atoms with Gasteiger partial charge in [-0.25, -0.2) is 0 Å². The summed E-state index contributed by atoms with van der Waals surface area (Å²) in [6.07, 6.45) is 0. The summed E-state index contributed by atoms with van der Waals surface area (Å²) >= 11 is 0. The zero-order chi connectivity index (χ0) is 25.8. The number of benzene rings is 2. The smallest absolute Gasteiger partial charge is 0.188 e. The van der Waals surface area contributed by atoms with E-state index in [9.17, 15) is 0 Å². The quantitative estimate of drug-likeness (QED) is 0.287. The van der Waals surface area contributed by atoms with E-state index in [-0.39, 0.29) is 17.6 Å². The van der Waals surface area contributed by atoms with Crippen LogP contribution in [0.1, 0.15) is 91.5 Å². The lowest BCUT2D eigenvalue weighted by molar-refractivity contribution is 0.0506. The molecular weight excluding hydrogens is 437 g/mol. The Morgan fingerprint density at radius 1 is 0.912 bits per heavy atom. The molecule has 0 spiro atoms. The van der Waals surface area contributed by atoms with Crippen molar-refractivity contribution in [2.45, 2.75) is 106 Å². The summed E-state index contributed by atoms with van der Waals surface area (Å²) < 4.78 is 11.6. The third-order valence-electron chi connectivity index (χ3n) is 6.38. The molecule has 0 bridgehead atoms. The van der Waals surface area contributed by atoms with Crippen LogP contribution < -0.4 is 15.3 Å². The first-order valence-electron chi connectivity index (χ1n) is 12.6. The maximum atomic E-state index is 6.30. The van der Waals surface area contributed by atoms with Gasteiger partial charge in [-0.05, 0) is 73.5 Å². The van der Waals surface area contributed by atoms with Crippen molar-refractivity contribution in [3.63, 3.8) is 0 Å². The Morgan fingerprint density at radius 2 is 1.53 bits per heavy atom. The van der Waals surface area contributed by atoms with E-state index in [2.05, 4.69) is 111 Å². The highest BCUT2D eigenvalue weighted by Crippen LogP contribution is 2.37. The third-order valence-corrected chi connectivity index (χ3v) is 7.99. The minimum Gasteiger partial charge on any atom is -0.467 e. The number of hydrogen-bond donors (Lipinski definition) is 0. The van der Waals surface area contributed by atoms with Crippen molar-refractivity contribution in [3.8, 4) is 5.75 Å². The van der Waals surface area contributed by atoms with Crippen LogP contribution in [0.5, 0.6) is 5.75 Å². The first-order chi connectivity index (χ1) is 15.7. The molecule has 0 fully saturated rings. The van der Waals surface area contributed by atoms with Crippen LogP contribution in [0.15, 0.2) is 30.3 Å². The highest BCUT2D eigenvalue weighted by Gasteiger charge is 2.27. The highest BCUT2D eigenvalue weighted by molar-refractivity contribution is 7.56. The van der Waals surface area contributed by atoms with Gasteiger partial charge in [0, 0.05) is 36.6 Å². The van der Waals surface area contributed by atoms with E-state index in [1.165, 1.54) is 32.9 Å². The van der Waals surface area contributed by atoms with Crippen LogP contribution in [-0.2, 0) is 22.1 Å². The minimum absolute atomic E-state index is 0.0375. The Morgan fingerprint density at radius 3 is 2.03 bits per heavy atom. The monoisotopic (exact) mass is 485 g/mol. The van der Waals surface area contributed by atoms with Crippen LogP contribution in [0.4, 0.5) is 0 Å². The van der Waals surface area contributed by atoms with Crippen molar-refractivity contribution in [2.24, 2.45) is 0 Å². The van der Waals surface area contributed by atoms with Gasteiger partial charge < -0.3 is 9.47 Å². The van der Waals surface area contributed by atoms with Gasteiger partial charge in [0.1, 0.15) is 5.75 Å². The molecule has 2 aromatic carbocycles. The fraction of sp³-hybridized carbons (Fsp3) is 0.600. The Labute approximate surface area is 211 Å². The van der Waals surface area contributed by atoms with Crippen molar-refractivity contribution in [1.29, 1.82) is 0 Å². The topological polar surface area (TPSA) is 21.7 Å². The second-order valence-electron chi connectivity index (χ2n) is 12.0. The summed E-state index contributed by atoms with van der Waals surface area (Å²) in [4.78, 5) is 2.57. The molecule has 0 radical (unpaired) electrons. The van der Waals surface area contributed by atoms with Gasteiger partial charge in [-0.1, -0.05) is 74.4 Å². The van der Waals surface area contributed by atoms with E-state index in [1.807, 2.05) is 0 Å². The predicted molar refractivity (Wildman–Crippen MR) is 151 cm³/mol. The summed E-state index contributed by atoms with van der Waals surface area (Å²) in [6.45, 7) is 26.3. The molecule has 0 aromatic heterocycles.